The summed E-state index contributed by atoms with van der Waals surface area (Å²) in [6, 6.07) is 15.0. The first-order valence-corrected chi connectivity index (χ1v) is 9.66. The van der Waals surface area contributed by atoms with Gasteiger partial charge in [-0.2, -0.15) is 5.10 Å². The van der Waals surface area contributed by atoms with Gasteiger partial charge in [-0.05, 0) is 42.7 Å². The first-order chi connectivity index (χ1) is 13.2. The van der Waals surface area contributed by atoms with Crippen LogP contribution in [-0.2, 0) is 0 Å². The van der Waals surface area contributed by atoms with E-state index >= 15 is 0 Å². The van der Waals surface area contributed by atoms with Crippen molar-refractivity contribution in [3.8, 4) is 0 Å². The van der Waals surface area contributed by atoms with E-state index in [4.69, 9.17) is 11.6 Å². The highest BCUT2D eigenvalue weighted by molar-refractivity contribution is 6.30. The van der Waals surface area contributed by atoms with Crippen LogP contribution in [0.2, 0.25) is 5.02 Å². The highest BCUT2D eigenvalue weighted by Gasteiger charge is 2.21. The molecular formula is C21H21ClN4O. The Hall–Kier alpha value is -2.66. The molecule has 0 atom stereocenters. The van der Waals surface area contributed by atoms with Gasteiger partial charge in [-0.3, -0.25) is 9.36 Å². The van der Waals surface area contributed by atoms with Crippen molar-refractivity contribution in [1.29, 1.82) is 0 Å². The van der Waals surface area contributed by atoms with Crippen molar-refractivity contribution in [2.75, 3.05) is 5.43 Å². The number of hydrogen-bond donors (Lipinski definition) is 1. The minimum Gasteiger partial charge on any atom is -0.274 e. The molecule has 6 heteroatoms. The number of benzene rings is 2. The molecule has 0 bridgehead atoms. The molecule has 1 saturated carbocycles. The zero-order chi connectivity index (χ0) is 18.6. The SMILES string of the molecule is O=c1c2ccccc2nc(N/N=C/c2ccc(Cl)cc2)n1C1CCCCC1. The number of hydrogen-bond acceptors (Lipinski definition) is 4. The Morgan fingerprint density at radius 1 is 1.07 bits per heavy atom. The molecule has 138 valence electrons. The summed E-state index contributed by atoms with van der Waals surface area (Å²) in [5, 5.41) is 5.64. The van der Waals surface area contributed by atoms with Gasteiger partial charge in [0.15, 0.2) is 0 Å². The second-order valence-electron chi connectivity index (χ2n) is 6.84. The lowest BCUT2D eigenvalue weighted by Crippen LogP contribution is -2.29. The maximum atomic E-state index is 13.1. The van der Waals surface area contributed by atoms with Gasteiger partial charge in [0.25, 0.3) is 5.56 Å². The Bertz CT molecular complexity index is 1020. The van der Waals surface area contributed by atoms with Crippen LogP contribution in [0.3, 0.4) is 0 Å². The van der Waals surface area contributed by atoms with E-state index in [2.05, 4.69) is 15.5 Å². The van der Waals surface area contributed by atoms with Crippen molar-refractivity contribution in [1.82, 2.24) is 9.55 Å². The predicted molar refractivity (Wildman–Crippen MR) is 111 cm³/mol. The zero-order valence-corrected chi connectivity index (χ0v) is 15.7. The topological polar surface area (TPSA) is 59.3 Å². The van der Waals surface area contributed by atoms with Gasteiger partial charge in [-0.15, -0.1) is 0 Å². The van der Waals surface area contributed by atoms with Gasteiger partial charge < -0.3 is 0 Å². The van der Waals surface area contributed by atoms with E-state index in [1.54, 1.807) is 10.8 Å². The van der Waals surface area contributed by atoms with E-state index in [1.165, 1.54) is 6.42 Å². The molecule has 0 aliphatic heterocycles. The fourth-order valence-corrected chi connectivity index (χ4v) is 3.74. The van der Waals surface area contributed by atoms with Crippen LogP contribution in [0.15, 0.2) is 58.4 Å². The molecule has 4 rings (SSSR count). The summed E-state index contributed by atoms with van der Waals surface area (Å²) in [5.74, 6) is 0.496. The normalized spacial score (nSPS) is 15.4. The third kappa shape index (κ3) is 3.88. The number of para-hydroxylation sites is 1. The lowest BCUT2D eigenvalue weighted by atomic mass is 9.95. The standard InChI is InChI=1S/C21H21ClN4O/c22-16-12-10-15(11-13-16)14-23-25-21-24-19-9-5-4-8-18(19)20(27)26(21)17-6-2-1-3-7-17/h4-5,8-14,17H,1-3,6-7H2,(H,24,25)/b23-14+. The monoisotopic (exact) mass is 380 g/mol. The van der Waals surface area contributed by atoms with Crippen LogP contribution < -0.4 is 11.0 Å². The molecule has 5 nitrogen and oxygen atoms in total. The summed E-state index contributed by atoms with van der Waals surface area (Å²) < 4.78 is 1.79. The summed E-state index contributed by atoms with van der Waals surface area (Å²) in [6.45, 7) is 0. The van der Waals surface area contributed by atoms with Crippen molar-refractivity contribution in [3.63, 3.8) is 0 Å². The number of halogens is 1. The van der Waals surface area contributed by atoms with Crippen LogP contribution >= 0.6 is 11.6 Å². The molecule has 0 spiro atoms. The van der Waals surface area contributed by atoms with E-state index in [9.17, 15) is 4.79 Å². The largest absolute Gasteiger partial charge is 0.274 e. The zero-order valence-electron chi connectivity index (χ0n) is 14.9. The van der Waals surface area contributed by atoms with E-state index < -0.39 is 0 Å². The lowest BCUT2D eigenvalue weighted by molar-refractivity contribution is 0.348. The number of rotatable bonds is 4. The predicted octanol–water partition coefficient (Wildman–Crippen LogP) is 5.00. The summed E-state index contributed by atoms with van der Waals surface area (Å²) in [7, 11) is 0. The second-order valence-corrected chi connectivity index (χ2v) is 7.28. The summed E-state index contributed by atoms with van der Waals surface area (Å²) in [6.07, 6.45) is 7.19. The molecule has 1 aliphatic rings. The molecule has 0 unspecified atom stereocenters. The second kappa shape index (κ2) is 7.92. The van der Waals surface area contributed by atoms with Gasteiger partial charge in [0, 0.05) is 11.1 Å². The number of fused-ring (bicyclic) bond motifs is 1. The molecule has 27 heavy (non-hydrogen) atoms. The number of nitrogens with zero attached hydrogens (tertiary/aromatic N) is 3. The number of hydrazone groups is 1. The average molecular weight is 381 g/mol. The van der Waals surface area contributed by atoms with Gasteiger partial charge in [-0.1, -0.05) is 55.1 Å². The Morgan fingerprint density at radius 2 is 1.81 bits per heavy atom. The Balaban J connectivity index is 1.71. The summed E-state index contributed by atoms with van der Waals surface area (Å²) in [5.41, 5.74) is 4.59. The third-order valence-corrected chi connectivity index (χ3v) is 5.25. The molecule has 1 fully saturated rings. The van der Waals surface area contributed by atoms with E-state index in [0.717, 1.165) is 31.2 Å². The van der Waals surface area contributed by atoms with Crippen molar-refractivity contribution in [2.24, 2.45) is 5.10 Å². The molecule has 1 heterocycles. The molecule has 1 aliphatic carbocycles. The van der Waals surface area contributed by atoms with Crippen LogP contribution in [0.25, 0.3) is 10.9 Å². The molecule has 0 radical (unpaired) electrons. The van der Waals surface area contributed by atoms with Gasteiger partial charge in [0.1, 0.15) is 0 Å². The van der Waals surface area contributed by atoms with Crippen LogP contribution in [-0.4, -0.2) is 15.8 Å². The quantitative estimate of drug-likeness (QED) is 0.511. The maximum Gasteiger partial charge on any atom is 0.263 e. The molecule has 0 amide bonds. The van der Waals surface area contributed by atoms with E-state index in [1.807, 2.05) is 48.5 Å². The fourth-order valence-electron chi connectivity index (χ4n) is 3.62. The van der Waals surface area contributed by atoms with Crippen LogP contribution in [0, 0.1) is 0 Å². The van der Waals surface area contributed by atoms with E-state index in [0.29, 0.717) is 21.9 Å². The first-order valence-electron chi connectivity index (χ1n) is 9.28. The van der Waals surface area contributed by atoms with Gasteiger partial charge in [-0.25, -0.2) is 10.4 Å². The summed E-state index contributed by atoms with van der Waals surface area (Å²) >= 11 is 5.91. The Kier molecular flexibility index (Phi) is 5.21. The molecule has 3 aromatic rings. The first kappa shape index (κ1) is 17.7. The van der Waals surface area contributed by atoms with E-state index in [-0.39, 0.29) is 11.6 Å². The van der Waals surface area contributed by atoms with Crippen molar-refractivity contribution in [3.05, 3.63) is 69.5 Å². The van der Waals surface area contributed by atoms with Crippen LogP contribution in [0.4, 0.5) is 5.95 Å². The molecule has 0 saturated heterocycles. The van der Waals surface area contributed by atoms with Crippen LogP contribution in [0.1, 0.15) is 43.7 Å². The van der Waals surface area contributed by atoms with Crippen molar-refractivity contribution >= 4 is 34.7 Å². The Labute approximate surface area is 162 Å². The fraction of sp³-hybridized carbons (Fsp3) is 0.286. The van der Waals surface area contributed by atoms with Crippen molar-refractivity contribution < 1.29 is 0 Å². The number of nitrogens with one attached hydrogen (secondary N) is 1. The number of aromatic nitrogens is 2. The molecule has 1 N–H and O–H groups in total. The smallest absolute Gasteiger partial charge is 0.263 e. The van der Waals surface area contributed by atoms with Gasteiger partial charge in [0.2, 0.25) is 5.95 Å². The minimum absolute atomic E-state index is 0.00306. The minimum atomic E-state index is -0.00306. The number of anilines is 1. The van der Waals surface area contributed by atoms with Crippen molar-refractivity contribution in [2.45, 2.75) is 38.1 Å². The van der Waals surface area contributed by atoms with Gasteiger partial charge >= 0.3 is 0 Å². The molecule has 2 aromatic carbocycles. The Morgan fingerprint density at radius 3 is 2.59 bits per heavy atom. The highest BCUT2D eigenvalue weighted by Crippen LogP contribution is 2.29. The van der Waals surface area contributed by atoms with Crippen LogP contribution in [0.5, 0.6) is 0 Å². The highest BCUT2D eigenvalue weighted by atomic mass is 35.5. The maximum absolute atomic E-state index is 13.1. The van der Waals surface area contributed by atoms with Gasteiger partial charge in [0.05, 0.1) is 17.1 Å². The average Bonchev–Trinajstić information content (AvgIpc) is 2.70. The summed E-state index contributed by atoms with van der Waals surface area (Å²) in [4.78, 5) is 17.8. The molecule has 1 aromatic heterocycles. The molecular weight excluding hydrogens is 360 g/mol. The third-order valence-electron chi connectivity index (χ3n) is 5.00. The lowest BCUT2D eigenvalue weighted by Gasteiger charge is -2.25.